The molecular formula is C20H14F3N5O2. The molecule has 0 radical (unpaired) electrons. The lowest BCUT2D eigenvalue weighted by Crippen LogP contribution is -2.11. The molecule has 10 heteroatoms. The zero-order chi connectivity index (χ0) is 21.0. The monoisotopic (exact) mass is 413 g/mol. The zero-order valence-electron chi connectivity index (χ0n) is 15.6. The molecular weight excluding hydrogens is 399 g/mol. The number of pyridine rings is 1. The summed E-state index contributed by atoms with van der Waals surface area (Å²) in [4.78, 5) is 8.29. The molecule has 7 nitrogen and oxygen atoms in total. The molecule has 4 heterocycles. The van der Waals surface area contributed by atoms with Crippen LogP contribution in [0.2, 0.25) is 0 Å². The number of aromatic nitrogens is 4. The number of halogens is 3. The number of ether oxygens (including phenoxy) is 2. The minimum atomic E-state index is -4.62. The number of imidazole rings is 1. The van der Waals surface area contributed by atoms with Crippen LogP contribution in [-0.4, -0.2) is 26.4 Å². The fraction of sp³-hybridized carbons (Fsp3) is 0.150. The van der Waals surface area contributed by atoms with Gasteiger partial charge in [-0.2, -0.15) is 18.3 Å². The first-order valence-corrected chi connectivity index (χ1v) is 8.90. The molecule has 1 aromatic carbocycles. The summed E-state index contributed by atoms with van der Waals surface area (Å²) in [5, 5.41) is 4.31. The predicted octanol–water partition coefficient (Wildman–Crippen LogP) is 4.10. The average molecular weight is 413 g/mol. The highest BCUT2D eigenvalue weighted by molar-refractivity contribution is 5.81. The highest BCUT2D eigenvalue weighted by Gasteiger charge is 2.34. The highest BCUT2D eigenvalue weighted by atomic mass is 19.4. The van der Waals surface area contributed by atoms with Crippen LogP contribution >= 0.6 is 0 Å². The number of nitrogens with zero attached hydrogens (tertiary/aromatic N) is 4. The third-order valence-electron chi connectivity index (χ3n) is 4.87. The van der Waals surface area contributed by atoms with Crippen molar-refractivity contribution in [1.29, 1.82) is 0 Å². The number of nitrogens with two attached hydrogens (primary N) is 1. The molecule has 0 spiro atoms. The van der Waals surface area contributed by atoms with E-state index in [4.69, 9.17) is 15.2 Å². The molecule has 30 heavy (non-hydrogen) atoms. The van der Waals surface area contributed by atoms with Gasteiger partial charge in [0, 0.05) is 23.5 Å². The Kier molecular flexibility index (Phi) is 3.85. The quantitative estimate of drug-likeness (QED) is 0.533. The Bertz CT molecular complexity index is 1300. The van der Waals surface area contributed by atoms with Crippen LogP contribution in [0.15, 0.2) is 42.7 Å². The van der Waals surface area contributed by atoms with Crippen LogP contribution in [0.25, 0.3) is 28.0 Å². The topological polar surface area (TPSA) is 87.6 Å². The number of anilines is 1. The van der Waals surface area contributed by atoms with Gasteiger partial charge in [0.25, 0.3) is 0 Å². The maximum Gasteiger partial charge on any atom is 0.419 e. The summed E-state index contributed by atoms with van der Waals surface area (Å²) in [7, 11) is 0. The smallest absolute Gasteiger partial charge is 0.419 e. The Morgan fingerprint density at radius 1 is 1.07 bits per heavy atom. The second kappa shape index (κ2) is 6.34. The number of rotatable bonds is 2. The molecule has 0 saturated carbocycles. The van der Waals surface area contributed by atoms with Crippen molar-refractivity contribution in [3.05, 3.63) is 54.0 Å². The van der Waals surface area contributed by atoms with Crippen LogP contribution in [0.5, 0.6) is 11.5 Å². The van der Waals surface area contributed by atoms with E-state index in [1.165, 1.54) is 10.7 Å². The average Bonchev–Trinajstić information content (AvgIpc) is 3.30. The van der Waals surface area contributed by atoms with E-state index in [1.54, 1.807) is 25.3 Å². The summed E-state index contributed by atoms with van der Waals surface area (Å²) >= 11 is 0. The summed E-state index contributed by atoms with van der Waals surface area (Å²) < 4.78 is 52.2. The van der Waals surface area contributed by atoms with E-state index in [0.717, 1.165) is 17.2 Å². The van der Waals surface area contributed by atoms with Gasteiger partial charge < -0.3 is 15.2 Å². The van der Waals surface area contributed by atoms with Crippen molar-refractivity contribution in [2.45, 2.75) is 13.1 Å². The van der Waals surface area contributed by atoms with Crippen molar-refractivity contribution < 1.29 is 22.6 Å². The van der Waals surface area contributed by atoms with Crippen LogP contribution in [0, 0.1) is 6.92 Å². The largest absolute Gasteiger partial charge is 0.454 e. The first-order chi connectivity index (χ1) is 14.3. The van der Waals surface area contributed by atoms with Crippen molar-refractivity contribution in [3.63, 3.8) is 0 Å². The van der Waals surface area contributed by atoms with Crippen molar-refractivity contribution >= 4 is 11.5 Å². The molecule has 4 aromatic rings. The minimum absolute atomic E-state index is 0.156. The third-order valence-corrected chi connectivity index (χ3v) is 4.87. The predicted molar refractivity (Wildman–Crippen MR) is 102 cm³/mol. The molecule has 0 aliphatic carbocycles. The SMILES string of the molecule is Cc1nc2c(-c3ccc4c(c3)OCO4)ccnn2c1-c1cnc(N)c(C(F)(F)F)c1. The molecule has 152 valence electrons. The first-order valence-electron chi connectivity index (χ1n) is 8.90. The summed E-state index contributed by atoms with van der Waals surface area (Å²) in [6.07, 6.45) is -1.77. The van der Waals surface area contributed by atoms with Gasteiger partial charge in [-0.05, 0) is 36.8 Å². The number of fused-ring (bicyclic) bond motifs is 2. The number of hydrogen-bond acceptors (Lipinski definition) is 6. The van der Waals surface area contributed by atoms with Crippen LogP contribution < -0.4 is 15.2 Å². The first kappa shape index (κ1) is 18.2. The van der Waals surface area contributed by atoms with Gasteiger partial charge in [0.05, 0.1) is 17.0 Å². The minimum Gasteiger partial charge on any atom is -0.454 e. The Labute approximate surface area is 167 Å². The number of alkyl halides is 3. The Balaban J connectivity index is 1.70. The van der Waals surface area contributed by atoms with E-state index in [1.807, 2.05) is 12.1 Å². The lowest BCUT2D eigenvalue weighted by atomic mass is 10.1. The zero-order valence-corrected chi connectivity index (χ0v) is 15.6. The summed E-state index contributed by atoms with van der Waals surface area (Å²) in [6.45, 7) is 1.86. The normalized spacial score (nSPS) is 13.2. The number of hydrogen-bond donors (Lipinski definition) is 1. The van der Waals surface area contributed by atoms with Crippen molar-refractivity contribution in [3.8, 4) is 33.9 Å². The molecule has 0 fully saturated rings. The van der Waals surface area contributed by atoms with Crippen molar-refractivity contribution in [1.82, 2.24) is 19.6 Å². The summed E-state index contributed by atoms with van der Waals surface area (Å²) in [5.41, 5.74) is 7.63. The fourth-order valence-electron chi connectivity index (χ4n) is 3.51. The van der Waals surface area contributed by atoms with Gasteiger partial charge in [-0.15, -0.1) is 0 Å². The van der Waals surface area contributed by atoms with E-state index in [-0.39, 0.29) is 12.4 Å². The standard InChI is InChI=1S/C20H14F3N5O2/c1-10-17(12-6-14(20(21,22)23)18(24)25-8-12)28-19(27-10)13(4-5-26-28)11-2-3-15-16(7-11)30-9-29-15/h2-8H,9H2,1H3,(H2,24,25). The third kappa shape index (κ3) is 2.79. The van der Waals surface area contributed by atoms with E-state index >= 15 is 0 Å². The maximum absolute atomic E-state index is 13.3. The van der Waals surface area contributed by atoms with Crippen LogP contribution in [-0.2, 0) is 6.18 Å². The summed E-state index contributed by atoms with van der Waals surface area (Å²) in [6, 6.07) is 8.23. The number of aryl methyl sites for hydroxylation is 1. The van der Waals surface area contributed by atoms with Crippen LogP contribution in [0.4, 0.5) is 19.0 Å². The van der Waals surface area contributed by atoms with Gasteiger partial charge in [-0.25, -0.2) is 14.5 Å². The molecule has 0 unspecified atom stereocenters. The lowest BCUT2D eigenvalue weighted by molar-refractivity contribution is -0.137. The molecule has 0 saturated heterocycles. The molecule has 0 atom stereocenters. The molecule has 3 aromatic heterocycles. The molecule has 1 aliphatic heterocycles. The van der Waals surface area contributed by atoms with Gasteiger partial charge in [-0.3, -0.25) is 0 Å². The number of nitrogen functional groups attached to an aromatic ring is 1. The van der Waals surface area contributed by atoms with E-state index in [0.29, 0.717) is 28.5 Å². The maximum atomic E-state index is 13.3. The van der Waals surface area contributed by atoms with Crippen LogP contribution in [0.1, 0.15) is 11.3 Å². The van der Waals surface area contributed by atoms with E-state index < -0.39 is 17.6 Å². The molecule has 0 bridgehead atoms. The second-order valence-electron chi connectivity index (χ2n) is 6.75. The van der Waals surface area contributed by atoms with Gasteiger partial charge in [0.15, 0.2) is 17.1 Å². The molecule has 2 N–H and O–H groups in total. The van der Waals surface area contributed by atoms with Gasteiger partial charge in [0.2, 0.25) is 6.79 Å². The summed E-state index contributed by atoms with van der Waals surface area (Å²) in [5.74, 6) is 0.687. The van der Waals surface area contributed by atoms with Crippen molar-refractivity contribution in [2.24, 2.45) is 0 Å². The van der Waals surface area contributed by atoms with Gasteiger partial charge in [-0.1, -0.05) is 6.07 Å². The van der Waals surface area contributed by atoms with E-state index in [2.05, 4.69) is 15.1 Å². The Hall–Kier alpha value is -3.82. The van der Waals surface area contributed by atoms with E-state index in [9.17, 15) is 13.2 Å². The fourth-order valence-corrected chi connectivity index (χ4v) is 3.51. The highest BCUT2D eigenvalue weighted by Crippen LogP contribution is 2.39. The Morgan fingerprint density at radius 2 is 1.87 bits per heavy atom. The van der Waals surface area contributed by atoms with Crippen LogP contribution in [0.3, 0.4) is 0 Å². The van der Waals surface area contributed by atoms with Crippen molar-refractivity contribution in [2.75, 3.05) is 12.5 Å². The van der Waals surface area contributed by atoms with Gasteiger partial charge >= 0.3 is 6.18 Å². The molecule has 0 amide bonds. The Morgan fingerprint density at radius 3 is 2.67 bits per heavy atom. The number of benzene rings is 1. The molecule has 5 rings (SSSR count). The van der Waals surface area contributed by atoms with Gasteiger partial charge in [0.1, 0.15) is 5.82 Å². The second-order valence-corrected chi connectivity index (χ2v) is 6.75. The lowest BCUT2D eigenvalue weighted by Gasteiger charge is -2.11. The molecule has 1 aliphatic rings.